The Morgan fingerprint density at radius 3 is 2.57 bits per heavy atom. The quantitative estimate of drug-likeness (QED) is 0.708. The van der Waals surface area contributed by atoms with Crippen molar-refractivity contribution in [3.05, 3.63) is 29.8 Å². The van der Waals surface area contributed by atoms with Crippen molar-refractivity contribution < 1.29 is 18.0 Å². The highest BCUT2D eigenvalue weighted by molar-refractivity contribution is 7.90. The number of amides is 2. The van der Waals surface area contributed by atoms with Gasteiger partial charge in [-0.2, -0.15) is 0 Å². The van der Waals surface area contributed by atoms with Crippen LogP contribution in [-0.2, 0) is 19.6 Å². The normalized spacial score (nSPS) is 21.6. The van der Waals surface area contributed by atoms with E-state index in [-0.39, 0.29) is 28.5 Å². The Bertz CT molecular complexity index is 936. The summed E-state index contributed by atoms with van der Waals surface area (Å²) in [5.74, 6) is 0.461. The molecule has 2 aliphatic heterocycles. The topological polar surface area (TPSA) is 108 Å². The fourth-order valence-corrected chi connectivity index (χ4v) is 5.09. The van der Waals surface area contributed by atoms with E-state index in [2.05, 4.69) is 15.0 Å². The Kier molecular flexibility index (Phi) is 6.80. The van der Waals surface area contributed by atoms with E-state index in [4.69, 9.17) is 0 Å². The largest absolute Gasteiger partial charge is 0.356 e. The molecule has 1 aromatic carbocycles. The number of aliphatic imine (C=N–C) groups is 1. The number of hydrogen-bond donors (Lipinski definition) is 2. The van der Waals surface area contributed by atoms with E-state index >= 15 is 0 Å². The molecule has 0 aliphatic carbocycles. The first-order valence-electron chi connectivity index (χ1n) is 10.5. The van der Waals surface area contributed by atoms with Crippen molar-refractivity contribution in [1.82, 2.24) is 14.9 Å². The fourth-order valence-electron chi connectivity index (χ4n) is 3.85. The first kappa shape index (κ1) is 22.3. The number of likely N-dealkylation sites (tertiary alicyclic amines) is 1. The van der Waals surface area contributed by atoms with Crippen LogP contribution in [0.2, 0.25) is 0 Å². The van der Waals surface area contributed by atoms with Gasteiger partial charge in [0.1, 0.15) is 11.9 Å². The molecule has 1 aromatic rings. The third-order valence-electron chi connectivity index (χ3n) is 5.93. The molecule has 9 heteroatoms. The molecule has 1 fully saturated rings. The summed E-state index contributed by atoms with van der Waals surface area (Å²) in [6.07, 6.45) is 2.40. The van der Waals surface area contributed by atoms with Gasteiger partial charge in [0.05, 0.1) is 4.90 Å². The van der Waals surface area contributed by atoms with Crippen molar-refractivity contribution in [2.75, 3.05) is 19.6 Å². The summed E-state index contributed by atoms with van der Waals surface area (Å²) in [7, 11) is -3.64. The van der Waals surface area contributed by atoms with E-state index in [0.29, 0.717) is 31.1 Å². The number of rotatable bonds is 6. The van der Waals surface area contributed by atoms with E-state index in [9.17, 15) is 18.0 Å². The van der Waals surface area contributed by atoms with Gasteiger partial charge in [0.15, 0.2) is 0 Å². The van der Waals surface area contributed by atoms with Gasteiger partial charge in [-0.15, -0.1) is 0 Å². The molecule has 0 radical (unpaired) electrons. The Balaban J connectivity index is 1.77. The molecule has 0 saturated carbocycles. The lowest BCUT2D eigenvalue weighted by Gasteiger charge is -2.34. The summed E-state index contributed by atoms with van der Waals surface area (Å²) in [6.45, 7) is 7.33. The summed E-state index contributed by atoms with van der Waals surface area (Å²) < 4.78 is 27.3. The van der Waals surface area contributed by atoms with Gasteiger partial charge in [0.2, 0.25) is 11.8 Å². The maximum atomic E-state index is 13.3. The van der Waals surface area contributed by atoms with Crippen LogP contribution >= 0.6 is 0 Å². The molecule has 0 bridgehead atoms. The number of carbonyl (C=O) groups is 2. The summed E-state index contributed by atoms with van der Waals surface area (Å²) in [5.41, 5.74) is 0.507. The molecule has 30 heavy (non-hydrogen) atoms. The van der Waals surface area contributed by atoms with Crippen LogP contribution in [-0.4, -0.2) is 56.6 Å². The van der Waals surface area contributed by atoms with Crippen molar-refractivity contribution in [2.24, 2.45) is 16.8 Å². The molecule has 0 aromatic heterocycles. The highest BCUT2D eigenvalue weighted by Gasteiger charge is 2.35. The second kappa shape index (κ2) is 9.16. The van der Waals surface area contributed by atoms with Crippen molar-refractivity contribution in [1.29, 1.82) is 0 Å². The molecule has 3 rings (SSSR count). The number of benzene rings is 1. The molecular weight excluding hydrogens is 404 g/mol. The maximum Gasteiger partial charge on any atom is 0.263 e. The molecule has 2 N–H and O–H groups in total. The number of fused-ring (bicyclic) bond motifs is 1. The molecule has 0 spiro atoms. The predicted molar refractivity (Wildman–Crippen MR) is 115 cm³/mol. The summed E-state index contributed by atoms with van der Waals surface area (Å²) in [4.78, 5) is 31.0. The Morgan fingerprint density at radius 1 is 1.27 bits per heavy atom. The third kappa shape index (κ3) is 4.83. The average Bonchev–Trinajstić information content (AvgIpc) is 3.00. The zero-order chi connectivity index (χ0) is 21.9. The van der Waals surface area contributed by atoms with E-state index in [1.807, 2.05) is 18.7 Å². The van der Waals surface area contributed by atoms with Gasteiger partial charge in [-0.25, -0.2) is 8.42 Å². The van der Waals surface area contributed by atoms with E-state index in [1.54, 1.807) is 24.3 Å². The number of carbonyl (C=O) groups excluding carboxylic acids is 2. The molecular formula is C21H30N4O4S. The van der Waals surface area contributed by atoms with Crippen LogP contribution in [0.4, 0.5) is 0 Å². The second-order valence-corrected chi connectivity index (χ2v) is 9.77. The van der Waals surface area contributed by atoms with Crippen molar-refractivity contribution >= 4 is 27.7 Å². The summed E-state index contributed by atoms with van der Waals surface area (Å²) >= 11 is 0. The van der Waals surface area contributed by atoms with Crippen LogP contribution in [0.25, 0.3) is 0 Å². The lowest BCUT2D eigenvalue weighted by Crippen LogP contribution is -2.47. The van der Waals surface area contributed by atoms with Crippen molar-refractivity contribution in [3.63, 3.8) is 0 Å². The van der Waals surface area contributed by atoms with Crippen LogP contribution in [0, 0.1) is 11.8 Å². The molecule has 2 aliphatic rings. The minimum atomic E-state index is -3.64. The lowest BCUT2D eigenvalue weighted by atomic mass is 9.93. The van der Waals surface area contributed by atoms with Gasteiger partial charge in [-0.05, 0) is 36.8 Å². The number of nitrogens with one attached hydrogen (secondary N) is 2. The monoisotopic (exact) mass is 434 g/mol. The van der Waals surface area contributed by atoms with Crippen LogP contribution < -0.4 is 10.0 Å². The average molecular weight is 435 g/mol. The van der Waals surface area contributed by atoms with E-state index < -0.39 is 16.1 Å². The number of sulfonamides is 1. The smallest absolute Gasteiger partial charge is 0.263 e. The lowest BCUT2D eigenvalue weighted by molar-refractivity contribution is -0.135. The summed E-state index contributed by atoms with van der Waals surface area (Å²) in [5, 5.41) is 2.85. The van der Waals surface area contributed by atoms with Crippen LogP contribution in [0.3, 0.4) is 0 Å². The van der Waals surface area contributed by atoms with Crippen LogP contribution in [0.15, 0.2) is 34.2 Å². The van der Waals surface area contributed by atoms with Gasteiger partial charge < -0.3 is 10.2 Å². The molecule has 164 valence electrons. The van der Waals surface area contributed by atoms with Crippen LogP contribution in [0.1, 0.15) is 45.6 Å². The van der Waals surface area contributed by atoms with Gasteiger partial charge in [0, 0.05) is 32.1 Å². The van der Waals surface area contributed by atoms with Crippen molar-refractivity contribution in [3.8, 4) is 0 Å². The highest BCUT2D eigenvalue weighted by Crippen LogP contribution is 2.25. The predicted octanol–water partition coefficient (Wildman–Crippen LogP) is 1.51. The standard InChI is InChI=1S/C21H30N4O4S/c1-4-14(2)19(21(27)25-11-9-16(10-12-25)13-22-15(3)26)23-20-17-7-5-6-8-18(17)30(28,29)24-20/h5-8,14,16,19H,4,9-13H2,1-3H3,(H,22,26)(H,23,24)/t14-,19-/m0/s1. The van der Waals surface area contributed by atoms with Gasteiger partial charge in [-0.1, -0.05) is 32.4 Å². The number of hydrogen-bond acceptors (Lipinski definition) is 5. The molecule has 1 saturated heterocycles. The van der Waals surface area contributed by atoms with Gasteiger partial charge >= 0.3 is 0 Å². The molecule has 2 heterocycles. The SMILES string of the molecule is CC[C@H](C)[C@H](N=C1NS(=O)(=O)c2ccccc21)C(=O)N1CCC(CNC(C)=O)CC1. The van der Waals surface area contributed by atoms with Crippen molar-refractivity contribution in [2.45, 2.75) is 51.0 Å². The second-order valence-electron chi connectivity index (χ2n) is 8.12. The number of nitrogens with zero attached hydrogens (tertiary/aromatic N) is 2. The van der Waals surface area contributed by atoms with Gasteiger partial charge in [-0.3, -0.25) is 19.3 Å². The number of amidine groups is 1. The van der Waals surface area contributed by atoms with Crippen LogP contribution in [0.5, 0.6) is 0 Å². The molecule has 8 nitrogen and oxygen atoms in total. The zero-order valence-electron chi connectivity index (χ0n) is 17.7. The molecule has 2 atom stereocenters. The maximum absolute atomic E-state index is 13.3. The first-order chi connectivity index (χ1) is 14.2. The third-order valence-corrected chi connectivity index (χ3v) is 7.33. The molecule has 2 amide bonds. The molecule has 0 unspecified atom stereocenters. The van der Waals surface area contributed by atoms with Gasteiger partial charge in [0.25, 0.3) is 10.0 Å². The Morgan fingerprint density at radius 2 is 1.93 bits per heavy atom. The minimum Gasteiger partial charge on any atom is -0.356 e. The minimum absolute atomic E-state index is 0.0284. The zero-order valence-corrected chi connectivity index (χ0v) is 18.5. The summed E-state index contributed by atoms with van der Waals surface area (Å²) in [6, 6.07) is 6.03. The highest BCUT2D eigenvalue weighted by atomic mass is 32.2. The Hall–Kier alpha value is -2.42. The first-order valence-corrected chi connectivity index (χ1v) is 11.9. The van der Waals surface area contributed by atoms with E-state index in [0.717, 1.165) is 19.3 Å². The Labute approximate surface area is 178 Å². The van der Waals surface area contributed by atoms with E-state index in [1.165, 1.54) is 6.92 Å². The fraction of sp³-hybridized carbons (Fsp3) is 0.571. The number of piperidine rings is 1.